The standard InChI is InChI=1S/C23H19Cl4N3.2ClH.Fe/c1-14-10-16(24)12-20(26)22(14)28-8-6-18-4-3-5-19(30-18)7-9-29-23-15(2)11-17(25)13-21(23)27;;;/h3-5,8-13H,6-7H2,1-2H3;2*1H;/q;;;+2/p-2. The first-order chi connectivity index (χ1) is 14.3. The van der Waals surface area contributed by atoms with Crippen LogP contribution in [0.5, 0.6) is 0 Å². The Bertz CT molecular complexity index is 1000. The maximum Gasteiger partial charge on any atom is 2.00 e. The van der Waals surface area contributed by atoms with E-state index < -0.39 is 0 Å². The van der Waals surface area contributed by atoms with Crippen molar-refractivity contribution in [1.82, 2.24) is 4.98 Å². The molecule has 0 saturated carbocycles. The van der Waals surface area contributed by atoms with E-state index in [2.05, 4.69) is 15.0 Å². The van der Waals surface area contributed by atoms with Gasteiger partial charge >= 0.3 is 17.1 Å². The van der Waals surface area contributed by atoms with Crippen molar-refractivity contribution in [3.63, 3.8) is 0 Å². The van der Waals surface area contributed by atoms with E-state index in [1.807, 2.05) is 44.2 Å². The summed E-state index contributed by atoms with van der Waals surface area (Å²) in [7, 11) is 0. The summed E-state index contributed by atoms with van der Waals surface area (Å²) in [5, 5.41) is 2.26. The maximum absolute atomic E-state index is 6.24. The molecule has 3 nitrogen and oxygen atoms in total. The summed E-state index contributed by atoms with van der Waals surface area (Å²) >= 11 is 24.5. The minimum Gasteiger partial charge on any atom is -1.00 e. The largest absolute Gasteiger partial charge is 2.00 e. The van der Waals surface area contributed by atoms with Crippen LogP contribution in [0, 0.1) is 13.8 Å². The molecule has 0 aliphatic rings. The summed E-state index contributed by atoms with van der Waals surface area (Å²) in [6, 6.07) is 13.0. The zero-order valence-electron chi connectivity index (χ0n) is 17.6. The molecule has 3 rings (SSSR count). The van der Waals surface area contributed by atoms with Gasteiger partial charge in [-0.1, -0.05) is 52.5 Å². The van der Waals surface area contributed by atoms with Crippen LogP contribution < -0.4 is 24.8 Å². The molecule has 3 aromatic rings. The number of aliphatic imine (C=N–C) groups is 2. The molecule has 1 aromatic heterocycles. The normalized spacial score (nSPS) is 10.6. The number of aryl methyl sites for hydroxylation is 2. The van der Waals surface area contributed by atoms with Crippen LogP contribution in [0.3, 0.4) is 0 Å². The number of hydrogen-bond donors (Lipinski definition) is 0. The van der Waals surface area contributed by atoms with Crippen molar-refractivity contribution < 1.29 is 41.9 Å². The van der Waals surface area contributed by atoms with Crippen LogP contribution in [0.15, 0.2) is 52.4 Å². The van der Waals surface area contributed by atoms with Crippen LogP contribution >= 0.6 is 46.4 Å². The van der Waals surface area contributed by atoms with Gasteiger partial charge in [0.2, 0.25) is 0 Å². The molecule has 0 N–H and O–H groups in total. The molecule has 0 atom stereocenters. The third-order valence-electron chi connectivity index (χ3n) is 4.34. The number of nitrogens with zero attached hydrogens (tertiary/aromatic N) is 3. The summed E-state index contributed by atoms with van der Waals surface area (Å²) in [5.41, 5.74) is 5.12. The van der Waals surface area contributed by atoms with Crippen LogP contribution in [-0.4, -0.2) is 17.4 Å². The fourth-order valence-electron chi connectivity index (χ4n) is 2.93. The first kappa shape index (κ1) is 32.2. The summed E-state index contributed by atoms with van der Waals surface area (Å²) in [4.78, 5) is 13.6. The van der Waals surface area contributed by atoms with Gasteiger partial charge in [-0.15, -0.1) is 0 Å². The van der Waals surface area contributed by atoms with Gasteiger partial charge in [0.1, 0.15) is 0 Å². The average molecular weight is 606 g/mol. The molecule has 0 fully saturated rings. The minimum atomic E-state index is 0. The van der Waals surface area contributed by atoms with Crippen molar-refractivity contribution in [3.8, 4) is 0 Å². The predicted molar refractivity (Wildman–Crippen MR) is 130 cm³/mol. The van der Waals surface area contributed by atoms with Crippen LogP contribution in [-0.2, 0) is 29.9 Å². The van der Waals surface area contributed by atoms with Gasteiger partial charge in [-0.05, 0) is 61.4 Å². The Kier molecular flexibility index (Phi) is 14.9. The van der Waals surface area contributed by atoms with E-state index >= 15 is 0 Å². The van der Waals surface area contributed by atoms with Gasteiger partial charge in [0.05, 0.1) is 21.4 Å². The number of halogens is 6. The fourth-order valence-corrected chi connectivity index (χ4v) is 4.22. The Hall–Kier alpha value is -0.811. The molecule has 0 spiro atoms. The molecule has 0 radical (unpaired) electrons. The smallest absolute Gasteiger partial charge is 1.00 e. The van der Waals surface area contributed by atoms with Crippen molar-refractivity contribution in [3.05, 3.63) is 85.1 Å². The number of aromatic nitrogens is 1. The summed E-state index contributed by atoms with van der Waals surface area (Å²) in [6.07, 6.45) is 4.79. The molecule has 33 heavy (non-hydrogen) atoms. The van der Waals surface area contributed by atoms with E-state index in [9.17, 15) is 0 Å². The van der Waals surface area contributed by atoms with Crippen molar-refractivity contribution in [2.24, 2.45) is 9.98 Å². The Balaban J connectivity index is 0.00000341. The van der Waals surface area contributed by atoms with Crippen molar-refractivity contribution in [1.29, 1.82) is 0 Å². The molecular weight excluding hydrogens is 587 g/mol. The monoisotopic (exact) mass is 603 g/mol. The quantitative estimate of drug-likeness (QED) is 0.314. The Morgan fingerprint density at radius 2 is 1.12 bits per heavy atom. The second-order valence-electron chi connectivity index (χ2n) is 6.76. The summed E-state index contributed by atoms with van der Waals surface area (Å²) in [5.74, 6) is 0. The summed E-state index contributed by atoms with van der Waals surface area (Å²) in [6.45, 7) is 3.86. The zero-order chi connectivity index (χ0) is 21.7. The van der Waals surface area contributed by atoms with E-state index in [4.69, 9.17) is 46.4 Å². The van der Waals surface area contributed by atoms with Gasteiger partial charge in [-0.2, -0.15) is 0 Å². The van der Waals surface area contributed by atoms with E-state index in [0.717, 1.165) is 33.9 Å². The molecule has 0 amide bonds. The molecule has 10 heteroatoms. The molecule has 176 valence electrons. The summed E-state index contributed by atoms with van der Waals surface area (Å²) < 4.78 is 0. The van der Waals surface area contributed by atoms with E-state index in [1.54, 1.807) is 24.6 Å². The third-order valence-corrected chi connectivity index (χ3v) is 5.36. The van der Waals surface area contributed by atoms with Gasteiger partial charge in [-0.3, -0.25) is 15.0 Å². The first-order valence-electron chi connectivity index (χ1n) is 9.24. The minimum absolute atomic E-state index is 0. The molecular formula is C23H19Cl6FeN3. The van der Waals surface area contributed by atoms with E-state index in [-0.39, 0.29) is 41.9 Å². The van der Waals surface area contributed by atoms with Gasteiger partial charge in [0.15, 0.2) is 0 Å². The molecule has 0 aliphatic carbocycles. The van der Waals surface area contributed by atoms with Gasteiger partial charge in [-0.25, -0.2) is 0 Å². The Labute approximate surface area is 237 Å². The Morgan fingerprint density at radius 1 is 0.727 bits per heavy atom. The number of pyridine rings is 1. The molecule has 0 unspecified atom stereocenters. The SMILES string of the molecule is Cc1cc(Cl)cc(Cl)c1N=CCc1cccc(CC=Nc2c(C)cc(Cl)cc2Cl)n1.[Cl-].[Cl-].[Fe+2]. The number of benzene rings is 2. The van der Waals surface area contributed by atoms with Crippen molar-refractivity contribution in [2.45, 2.75) is 26.7 Å². The maximum atomic E-state index is 6.24. The van der Waals surface area contributed by atoms with E-state index in [1.165, 1.54) is 0 Å². The van der Waals surface area contributed by atoms with Crippen molar-refractivity contribution >= 4 is 70.2 Å². The number of hydrogen-bond acceptors (Lipinski definition) is 3. The predicted octanol–water partition coefficient (Wildman–Crippen LogP) is 2.21. The second-order valence-corrected chi connectivity index (χ2v) is 8.45. The first-order valence-corrected chi connectivity index (χ1v) is 10.8. The van der Waals surface area contributed by atoms with Crippen LogP contribution in [0.2, 0.25) is 20.1 Å². The Morgan fingerprint density at radius 3 is 1.48 bits per heavy atom. The number of rotatable bonds is 6. The topological polar surface area (TPSA) is 37.6 Å². The van der Waals surface area contributed by atoms with Crippen LogP contribution in [0.25, 0.3) is 0 Å². The van der Waals surface area contributed by atoms with Gasteiger partial charge < -0.3 is 24.8 Å². The van der Waals surface area contributed by atoms with E-state index in [0.29, 0.717) is 32.9 Å². The van der Waals surface area contributed by atoms with Gasteiger partial charge in [0, 0.05) is 46.7 Å². The van der Waals surface area contributed by atoms with Crippen LogP contribution in [0.4, 0.5) is 11.4 Å². The average Bonchev–Trinajstić information content (AvgIpc) is 2.66. The molecule has 0 saturated heterocycles. The molecule has 0 bridgehead atoms. The molecule has 1 heterocycles. The molecule has 2 aromatic carbocycles. The zero-order valence-corrected chi connectivity index (χ0v) is 23.2. The van der Waals surface area contributed by atoms with Crippen molar-refractivity contribution in [2.75, 3.05) is 0 Å². The van der Waals surface area contributed by atoms with Gasteiger partial charge in [0.25, 0.3) is 0 Å². The molecule has 0 aliphatic heterocycles. The second kappa shape index (κ2) is 15.2. The third kappa shape index (κ3) is 9.39. The van der Waals surface area contributed by atoms with Crippen LogP contribution in [0.1, 0.15) is 22.5 Å². The fraction of sp³-hybridized carbons (Fsp3) is 0.174.